The minimum absolute atomic E-state index is 0.109. The number of likely N-dealkylation sites (tertiary alicyclic amines) is 1. The molecule has 1 aliphatic heterocycles. The van der Waals surface area contributed by atoms with Crippen LogP contribution in [0.4, 0.5) is 0 Å². The maximum atomic E-state index is 13.0. The van der Waals surface area contributed by atoms with Gasteiger partial charge >= 0.3 is 0 Å². The molecule has 3 rings (SSSR count). The van der Waals surface area contributed by atoms with Gasteiger partial charge in [0.2, 0.25) is 5.91 Å². The minimum Gasteiger partial charge on any atom is -0.383 e. The Morgan fingerprint density at radius 1 is 1.29 bits per heavy atom. The number of hydrogen-bond donors (Lipinski definition) is 3. The lowest BCUT2D eigenvalue weighted by molar-refractivity contribution is -0.150. The van der Waals surface area contributed by atoms with Gasteiger partial charge in [-0.3, -0.25) is 19.1 Å². The lowest BCUT2D eigenvalue weighted by Gasteiger charge is -2.32. The number of aliphatic hydroxyl groups excluding tert-OH is 1. The highest BCUT2D eigenvalue weighted by Crippen LogP contribution is 2.46. The predicted molar refractivity (Wildman–Crippen MR) is 108 cm³/mol. The van der Waals surface area contributed by atoms with Gasteiger partial charge in [-0.05, 0) is 49.5 Å². The first kappa shape index (κ1) is 21.2. The van der Waals surface area contributed by atoms with Gasteiger partial charge in [0.15, 0.2) is 0 Å². The van der Waals surface area contributed by atoms with Crippen molar-refractivity contribution in [1.82, 2.24) is 14.9 Å². The van der Waals surface area contributed by atoms with Crippen molar-refractivity contribution in [1.29, 1.82) is 0 Å². The molecular formula is C20H31N3O4S. The van der Waals surface area contributed by atoms with E-state index in [1.54, 1.807) is 26.8 Å². The van der Waals surface area contributed by atoms with E-state index in [4.69, 9.17) is 0 Å². The quantitative estimate of drug-likeness (QED) is 0.436. The van der Waals surface area contributed by atoms with Crippen LogP contribution in [0, 0.1) is 11.3 Å². The highest BCUT2D eigenvalue weighted by molar-refractivity contribution is 7.98. The Morgan fingerprint density at radius 3 is 2.50 bits per heavy atom. The Labute approximate surface area is 170 Å². The third kappa shape index (κ3) is 4.22. The average molecular weight is 410 g/mol. The summed E-state index contributed by atoms with van der Waals surface area (Å²) in [6, 6.07) is -0.656. The van der Waals surface area contributed by atoms with E-state index >= 15 is 0 Å². The van der Waals surface area contributed by atoms with Crippen molar-refractivity contribution < 1.29 is 19.5 Å². The molecule has 0 aromatic heterocycles. The molecule has 7 nitrogen and oxygen atoms in total. The van der Waals surface area contributed by atoms with E-state index in [0.717, 1.165) is 12.8 Å². The molecule has 3 unspecified atom stereocenters. The van der Waals surface area contributed by atoms with Crippen molar-refractivity contribution in [3.8, 4) is 0 Å². The van der Waals surface area contributed by atoms with Gasteiger partial charge < -0.3 is 15.3 Å². The highest BCUT2D eigenvalue weighted by Gasteiger charge is 2.60. The zero-order valence-corrected chi connectivity index (χ0v) is 17.7. The number of carbonyl (C=O) groups excluding carboxylic acids is 3. The predicted octanol–water partition coefficient (Wildman–Crippen LogP) is 1.37. The summed E-state index contributed by atoms with van der Waals surface area (Å²) >= 11 is 1.42. The normalized spacial score (nSPS) is 30.5. The van der Waals surface area contributed by atoms with Crippen LogP contribution in [0.15, 0.2) is 12.7 Å². The molecular weight excluding hydrogens is 378 g/mol. The number of nitrogens with one attached hydrogen (secondary N) is 2. The van der Waals surface area contributed by atoms with Crippen LogP contribution in [-0.4, -0.2) is 57.2 Å². The number of carbonyl (C=O) groups is 3. The molecule has 0 aromatic rings. The lowest BCUT2D eigenvalue weighted by atomic mass is 9.88. The third-order valence-corrected chi connectivity index (χ3v) is 6.89. The van der Waals surface area contributed by atoms with Gasteiger partial charge in [-0.1, -0.05) is 26.8 Å². The van der Waals surface area contributed by atoms with Crippen LogP contribution in [0.1, 0.15) is 52.9 Å². The second-order valence-electron chi connectivity index (χ2n) is 9.21. The van der Waals surface area contributed by atoms with Gasteiger partial charge in [0.05, 0.1) is 0 Å². The molecule has 3 fully saturated rings. The Morgan fingerprint density at radius 2 is 1.96 bits per heavy atom. The smallest absolute Gasteiger partial charge is 0.256 e. The Kier molecular flexibility index (Phi) is 5.83. The average Bonchev–Trinajstić information content (AvgIpc) is 3.54. The van der Waals surface area contributed by atoms with Gasteiger partial charge in [-0.2, -0.15) is 0 Å². The van der Waals surface area contributed by atoms with Crippen molar-refractivity contribution in [3.63, 3.8) is 0 Å². The zero-order chi connectivity index (χ0) is 20.7. The topological polar surface area (TPSA) is 98.7 Å². The van der Waals surface area contributed by atoms with Crippen LogP contribution in [0.3, 0.4) is 0 Å². The van der Waals surface area contributed by atoms with Crippen molar-refractivity contribution in [2.45, 2.75) is 75.8 Å². The van der Waals surface area contributed by atoms with Gasteiger partial charge in [0.25, 0.3) is 11.8 Å². The molecule has 3 amide bonds. The molecule has 156 valence electrons. The molecule has 28 heavy (non-hydrogen) atoms. The molecule has 2 aliphatic carbocycles. The molecule has 0 bridgehead atoms. The van der Waals surface area contributed by atoms with E-state index in [-0.39, 0.29) is 17.7 Å². The maximum Gasteiger partial charge on any atom is 0.256 e. The van der Waals surface area contributed by atoms with E-state index in [1.807, 2.05) is 0 Å². The summed E-state index contributed by atoms with van der Waals surface area (Å²) in [5.74, 6) is -1.07. The molecule has 3 aliphatic rings. The second kappa shape index (κ2) is 7.71. The minimum atomic E-state index is -1.17. The first-order valence-electron chi connectivity index (χ1n) is 9.99. The van der Waals surface area contributed by atoms with Crippen LogP contribution in [-0.2, 0) is 14.4 Å². The molecule has 1 saturated heterocycles. The van der Waals surface area contributed by atoms with Crippen molar-refractivity contribution in [2.75, 3.05) is 6.54 Å². The van der Waals surface area contributed by atoms with Crippen LogP contribution >= 0.6 is 11.9 Å². The standard InChI is InChI=1S/C20H31N3O4S/c1-5-12-11-20(12,18(27)22-28-13-8-9-13)21-16(25)14-7-6-10-23(14)17(26)15(24)19(2,3)4/h5,12-15,24H,1,6-11H2,2-4H3,(H,21,25)(H,22,27)/t12?,14?,15?,20-/m1/s1. The van der Waals surface area contributed by atoms with Crippen LogP contribution in [0.25, 0.3) is 0 Å². The summed E-state index contributed by atoms with van der Waals surface area (Å²) in [7, 11) is 0. The van der Waals surface area contributed by atoms with Crippen LogP contribution in [0.5, 0.6) is 0 Å². The van der Waals surface area contributed by atoms with Crippen molar-refractivity contribution in [3.05, 3.63) is 12.7 Å². The first-order chi connectivity index (χ1) is 13.1. The number of amides is 3. The Bertz CT molecular complexity index is 673. The van der Waals surface area contributed by atoms with E-state index in [1.165, 1.54) is 16.8 Å². The maximum absolute atomic E-state index is 13.0. The molecule has 3 N–H and O–H groups in total. The van der Waals surface area contributed by atoms with Gasteiger partial charge in [0, 0.05) is 17.7 Å². The Balaban J connectivity index is 1.66. The van der Waals surface area contributed by atoms with Crippen LogP contribution in [0.2, 0.25) is 0 Å². The number of hydrogen-bond acceptors (Lipinski definition) is 5. The van der Waals surface area contributed by atoms with Gasteiger partial charge in [-0.15, -0.1) is 6.58 Å². The summed E-state index contributed by atoms with van der Waals surface area (Å²) < 4.78 is 2.87. The molecule has 8 heteroatoms. The SMILES string of the molecule is C=CC1C[C@]1(NC(=O)C1CCCN1C(=O)C(O)C(C)(C)C)C(=O)NSC1CC1. The summed E-state index contributed by atoms with van der Waals surface area (Å²) in [6.07, 6.45) is 4.47. The fraction of sp³-hybridized carbons (Fsp3) is 0.750. The van der Waals surface area contributed by atoms with Gasteiger partial charge in [0.1, 0.15) is 17.7 Å². The molecule has 0 aromatic carbocycles. The fourth-order valence-corrected chi connectivity index (χ4v) is 4.41. The summed E-state index contributed by atoms with van der Waals surface area (Å²) in [6.45, 7) is 9.57. The molecule has 0 radical (unpaired) electrons. The number of aliphatic hydroxyl groups is 1. The largest absolute Gasteiger partial charge is 0.383 e. The second-order valence-corrected chi connectivity index (χ2v) is 10.3. The van der Waals surface area contributed by atoms with E-state index in [0.29, 0.717) is 31.1 Å². The van der Waals surface area contributed by atoms with Crippen molar-refractivity contribution in [2.24, 2.45) is 11.3 Å². The Hall–Kier alpha value is -1.54. The number of nitrogens with zero attached hydrogens (tertiary/aromatic N) is 1. The molecule has 0 spiro atoms. The van der Waals surface area contributed by atoms with E-state index < -0.39 is 29.0 Å². The molecule has 1 heterocycles. The van der Waals surface area contributed by atoms with E-state index in [9.17, 15) is 19.5 Å². The monoisotopic (exact) mass is 409 g/mol. The van der Waals surface area contributed by atoms with Crippen molar-refractivity contribution >= 4 is 29.7 Å². The summed E-state index contributed by atoms with van der Waals surface area (Å²) in [4.78, 5) is 39.9. The summed E-state index contributed by atoms with van der Waals surface area (Å²) in [5.41, 5.74) is -1.58. The number of rotatable bonds is 7. The molecule has 4 atom stereocenters. The summed E-state index contributed by atoms with van der Waals surface area (Å²) in [5, 5.41) is 13.7. The van der Waals surface area contributed by atoms with E-state index in [2.05, 4.69) is 16.6 Å². The third-order valence-electron chi connectivity index (χ3n) is 5.79. The fourth-order valence-electron chi connectivity index (χ4n) is 3.58. The lowest BCUT2D eigenvalue weighted by Crippen LogP contribution is -2.56. The molecule has 2 saturated carbocycles. The first-order valence-corrected chi connectivity index (χ1v) is 10.9. The zero-order valence-electron chi connectivity index (χ0n) is 16.9. The van der Waals surface area contributed by atoms with Crippen LogP contribution < -0.4 is 10.0 Å². The van der Waals surface area contributed by atoms with Gasteiger partial charge in [-0.25, -0.2) is 0 Å². The highest BCUT2D eigenvalue weighted by atomic mass is 32.2.